The highest BCUT2D eigenvalue weighted by Crippen LogP contribution is 2.46. The molecule has 1 spiro atoms. The Balaban J connectivity index is 1.96. The van der Waals surface area contributed by atoms with Gasteiger partial charge in [0.05, 0.1) is 0 Å². The number of hydrogen-bond acceptors (Lipinski definition) is 2. The summed E-state index contributed by atoms with van der Waals surface area (Å²) in [6.45, 7) is 6.97. The summed E-state index contributed by atoms with van der Waals surface area (Å²) in [5.41, 5.74) is 0.331. The van der Waals surface area contributed by atoms with Crippen LogP contribution in [0.3, 0.4) is 0 Å². The van der Waals surface area contributed by atoms with Gasteiger partial charge < -0.3 is 4.74 Å². The number of ether oxygens (including phenoxy) is 1. The lowest BCUT2D eigenvalue weighted by atomic mass is 9.67. The Kier molecular flexibility index (Phi) is 3.02. The summed E-state index contributed by atoms with van der Waals surface area (Å²) >= 11 is 0. The summed E-state index contributed by atoms with van der Waals surface area (Å²) in [6.07, 6.45) is 7.36. The van der Waals surface area contributed by atoms with Gasteiger partial charge in [-0.25, -0.2) is 0 Å². The summed E-state index contributed by atoms with van der Waals surface area (Å²) < 4.78 is 5.64. The number of carbonyl (C=O) groups excluding carboxylic acids is 1. The van der Waals surface area contributed by atoms with Crippen molar-refractivity contribution in [2.24, 2.45) is 11.3 Å². The Bertz CT molecular complexity index is 267. The highest BCUT2D eigenvalue weighted by atomic mass is 16.6. The third-order valence-corrected chi connectivity index (χ3v) is 4.47. The average Bonchev–Trinajstić information content (AvgIpc) is 2.16. The molecule has 2 rings (SSSR count). The Labute approximate surface area is 98.7 Å². The molecule has 0 unspecified atom stereocenters. The van der Waals surface area contributed by atoms with E-state index in [9.17, 15) is 4.79 Å². The Morgan fingerprint density at radius 2 is 1.81 bits per heavy atom. The second-order valence-electron chi connectivity index (χ2n) is 6.65. The van der Waals surface area contributed by atoms with Crippen molar-refractivity contribution in [3.63, 3.8) is 0 Å². The number of hydrogen-bond donors (Lipinski definition) is 0. The van der Waals surface area contributed by atoms with Crippen molar-refractivity contribution in [1.82, 2.24) is 0 Å². The van der Waals surface area contributed by atoms with E-state index in [1.807, 2.05) is 0 Å². The van der Waals surface area contributed by atoms with Crippen LogP contribution in [0.1, 0.15) is 65.7 Å². The molecule has 0 bridgehead atoms. The van der Waals surface area contributed by atoms with Crippen LogP contribution in [0.5, 0.6) is 0 Å². The van der Waals surface area contributed by atoms with E-state index < -0.39 is 0 Å². The van der Waals surface area contributed by atoms with Crippen molar-refractivity contribution in [2.45, 2.75) is 71.3 Å². The monoisotopic (exact) mass is 224 g/mol. The second kappa shape index (κ2) is 4.05. The van der Waals surface area contributed by atoms with Crippen LogP contribution in [0.4, 0.5) is 0 Å². The SMILES string of the molecule is CC(C)(C)C1CCC2(CCCC(=O)O2)CC1. The van der Waals surface area contributed by atoms with E-state index in [0.29, 0.717) is 11.8 Å². The third kappa shape index (κ3) is 2.41. The van der Waals surface area contributed by atoms with E-state index >= 15 is 0 Å². The second-order valence-corrected chi connectivity index (χ2v) is 6.65. The van der Waals surface area contributed by atoms with Gasteiger partial charge in [0.25, 0.3) is 0 Å². The summed E-state index contributed by atoms with van der Waals surface area (Å²) in [5, 5.41) is 0. The molecule has 0 amide bonds. The quantitative estimate of drug-likeness (QED) is 0.587. The first-order chi connectivity index (χ1) is 7.41. The smallest absolute Gasteiger partial charge is 0.306 e. The first-order valence-electron chi connectivity index (χ1n) is 6.63. The van der Waals surface area contributed by atoms with Crippen molar-refractivity contribution >= 4 is 5.97 Å². The molecule has 92 valence electrons. The predicted molar refractivity (Wildman–Crippen MR) is 64.1 cm³/mol. The van der Waals surface area contributed by atoms with Crippen LogP contribution >= 0.6 is 0 Å². The lowest BCUT2D eigenvalue weighted by Crippen LogP contribution is -2.43. The van der Waals surface area contributed by atoms with Crippen LogP contribution in [-0.2, 0) is 9.53 Å². The summed E-state index contributed by atoms with van der Waals surface area (Å²) in [7, 11) is 0. The molecule has 1 heterocycles. The minimum Gasteiger partial charge on any atom is -0.459 e. The van der Waals surface area contributed by atoms with Gasteiger partial charge in [-0.05, 0) is 49.9 Å². The maximum atomic E-state index is 11.4. The molecule has 0 aromatic heterocycles. The van der Waals surface area contributed by atoms with Gasteiger partial charge in [-0.1, -0.05) is 20.8 Å². The van der Waals surface area contributed by atoms with E-state index in [1.165, 1.54) is 12.8 Å². The van der Waals surface area contributed by atoms with Gasteiger partial charge in [0.1, 0.15) is 5.60 Å². The van der Waals surface area contributed by atoms with Gasteiger partial charge in [-0.2, -0.15) is 0 Å². The van der Waals surface area contributed by atoms with Crippen molar-refractivity contribution in [3.05, 3.63) is 0 Å². The van der Waals surface area contributed by atoms with Gasteiger partial charge in [-0.3, -0.25) is 4.79 Å². The normalized spacial score (nSPS) is 36.2. The van der Waals surface area contributed by atoms with E-state index in [4.69, 9.17) is 4.74 Å². The van der Waals surface area contributed by atoms with Crippen molar-refractivity contribution < 1.29 is 9.53 Å². The van der Waals surface area contributed by atoms with Crippen LogP contribution in [0.2, 0.25) is 0 Å². The molecule has 0 atom stereocenters. The average molecular weight is 224 g/mol. The molecule has 0 aromatic rings. The Morgan fingerprint density at radius 3 is 2.31 bits per heavy atom. The molecule has 1 aliphatic carbocycles. The fourth-order valence-electron chi connectivity index (χ4n) is 3.26. The molecule has 16 heavy (non-hydrogen) atoms. The summed E-state index contributed by atoms with van der Waals surface area (Å²) in [6, 6.07) is 0. The molecule has 2 heteroatoms. The lowest BCUT2D eigenvalue weighted by molar-refractivity contribution is -0.173. The molecular weight excluding hydrogens is 200 g/mol. The Morgan fingerprint density at radius 1 is 1.19 bits per heavy atom. The van der Waals surface area contributed by atoms with E-state index in [2.05, 4.69) is 20.8 Å². The van der Waals surface area contributed by atoms with Crippen LogP contribution in [0.15, 0.2) is 0 Å². The van der Waals surface area contributed by atoms with Crippen molar-refractivity contribution in [3.8, 4) is 0 Å². The molecule has 0 radical (unpaired) electrons. The maximum Gasteiger partial charge on any atom is 0.306 e. The van der Waals surface area contributed by atoms with E-state index in [-0.39, 0.29) is 11.6 Å². The molecule has 0 aromatic carbocycles. The fourth-order valence-corrected chi connectivity index (χ4v) is 3.26. The van der Waals surface area contributed by atoms with Gasteiger partial charge in [0, 0.05) is 6.42 Å². The molecule has 1 aliphatic heterocycles. The number of esters is 1. The molecule has 2 aliphatic rings. The first-order valence-corrected chi connectivity index (χ1v) is 6.63. The minimum atomic E-state index is -0.0723. The van der Waals surface area contributed by atoms with E-state index in [1.54, 1.807) is 0 Å². The fraction of sp³-hybridized carbons (Fsp3) is 0.929. The van der Waals surface area contributed by atoms with Gasteiger partial charge >= 0.3 is 5.97 Å². The molecule has 2 nitrogen and oxygen atoms in total. The maximum absolute atomic E-state index is 11.4. The Hall–Kier alpha value is -0.530. The largest absolute Gasteiger partial charge is 0.459 e. The molecule has 2 fully saturated rings. The van der Waals surface area contributed by atoms with Crippen LogP contribution in [0, 0.1) is 11.3 Å². The van der Waals surface area contributed by atoms with Crippen LogP contribution in [-0.4, -0.2) is 11.6 Å². The predicted octanol–water partition coefficient (Wildman–Crippen LogP) is 3.69. The first kappa shape index (κ1) is 11.9. The van der Waals surface area contributed by atoms with Crippen LogP contribution < -0.4 is 0 Å². The minimum absolute atomic E-state index is 0.0282. The topological polar surface area (TPSA) is 26.3 Å². The standard InChI is InChI=1S/C14H24O2/c1-13(2,3)11-6-9-14(10-7-11)8-4-5-12(15)16-14/h11H,4-10H2,1-3H3. The summed E-state index contributed by atoms with van der Waals surface area (Å²) in [5.74, 6) is 0.819. The van der Waals surface area contributed by atoms with Gasteiger partial charge in [-0.15, -0.1) is 0 Å². The number of carbonyl (C=O) groups is 1. The third-order valence-electron chi connectivity index (χ3n) is 4.47. The van der Waals surface area contributed by atoms with Crippen molar-refractivity contribution in [2.75, 3.05) is 0 Å². The van der Waals surface area contributed by atoms with Gasteiger partial charge in [0.2, 0.25) is 0 Å². The van der Waals surface area contributed by atoms with Gasteiger partial charge in [0.15, 0.2) is 0 Å². The zero-order chi connectivity index (χ0) is 11.8. The number of rotatable bonds is 0. The van der Waals surface area contributed by atoms with Crippen molar-refractivity contribution in [1.29, 1.82) is 0 Å². The zero-order valence-electron chi connectivity index (χ0n) is 10.8. The summed E-state index contributed by atoms with van der Waals surface area (Å²) in [4.78, 5) is 11.4. The molecule has 1 saturated heterocycles. The zero-order valence-corrected chi connectivity index (χ0v) is 10.8. The molecular formula is C14H24O2. The van der Waals surface area contributed by atoms with E-state index in [0.717, 1.165) is 31.6 Å². The van der Waals surface area contributed by atoms with Crippen LogP contribution in [0.25, 0.3) is 0 Å². The highest BCUT2D eigenvalue weighted by Gasteiger charge is 2.42. The lowest BCUT2D eigenvalue weighted by Gasteiger charge is -2.45. The molecule has 0 N–H and O–H groups in total. The molecule has 1 saturated carbocycles. The highest BCUT2D eigenvalue weighted by molar-refractivity contribution is 5.70.